The zero-order valence-electron chi connectivity index (χ0n) is 13.3. The lowest BCUT2D eigenvalue weighted by molar-refractivity contribution is -0.120. The van der Waals surface area contributed by atoms with Gasteiger partial charge in [0.25, 0.3) is 0 Å². The molecule has 0 bridgehead atoms. The van der Waals surface area contributed by atoms with E-state index in [4.69, 9.17) is 0 Å². The van der Waals surface area contributed by atoms with Crippen LogP contribution in [0.1, 0.15) is 27.2 Å². The van der Waals surface area contributed by atoms with E-state index in [1.54, 1.807) is 6.20 Å². The quantitative estimate of drug-likeness (QED) is 0.792. The third-order valence-corrected chi connectivity index (χ3v) is 4.30. The van der Waals surface area contributed by atoms with Crippen molar-refractivity contribution in [3.63, 3.8) is 0 Å². The molecule has 1 saturated heterocycles. The van der Waals surface area contributed by atoms with Crippen LogP contribution >= 0.6 is 0 Å². The average Bonchev–Trinajstić information content (AvgIpc) is 3.09. The molecule has 6 heteroatoms. The molecule has 2 unspecified atom stereocenters. The van der Waals surface area contributed by atoms with Gasteiger partial charge in [-0.3, -0.25) is 9.48 Å². The van der Waals surface area contributed by atoms with Gasteiger partial charge < -0.3 is 15.5 Å². The lowest BCUT2D eigenvalue weighted by Gasteiger charge is -2.17. The molecule has 21 heavy (non-hydrogen) atoms. The van der Waals surface area contributed by atoms with Gasteiger partial charge in [-0.15, -0.1) is 0 Å². The molecule has 0 radical (unpaired) electrons. The number of aromatic nitrogens is 2. The molecule has 1 amide bonds. The Bertz CT molecular complexity index is 455. The van der Waals surface area contributed by atoms with Gasteiger partial charge in [-0.05, 0) is 33.0 Å². The Morgan fingerprint density at radius 3 is 2.90 bits per heavy atom. The van der Waals surface area contributed by atoms with Gasteiger partial charge in [0.15, 0.2) is 0 Å². The van der Waals surface area contributed by atoms with E-state index in [-0.39, 0.29) is 17.9 Å². The molecular weight excluding hydrogens is 266 g/mol. The van der Waals surface area contributed by atoms with Crippen molar-refractivity contribution in [1.82, 2.24) is 20.0 Å². The molecule has 1 aromatic heterocycles. The van der Waals surface area contributed by atoms with Gasteiger partial charge in [-0.1, -0.05) is 13.8 Å². The fraction of sp³-hybridized carbons (Fsp3) is 0.733. The molecule has 2 atom stereocenters. The minimum Gasteiger partial charge on any atom is -0.323 e. The Morgan fingerprint density at radius 2 is 2.29 bits per heavy atom. The number of hydrogen-bond donors (Lipinski definition) is 2. The first-order valence-corrected chi connectivity index (χ1v) is 7.93. The van der Waals surface area contributed by atoms with Gasteiger partial charge >= 0.3 is 0 Å². The van der Waals surface area contributed by atoms with Crippen LogP contribution in [0.3, 0.4) is 0 Å². The van der Waals surface area contributed by atoms with Gasteiger partial charge in [0, 0.05) is 18.8 Å². The minimum absolute atomic E-state index is 0.0593. The summed E-state index contributed by atoms with van der Waals surface area (Å²) in [6.45, 7) is 11.2. The molecule has 0 saturated carbocycles. The fourth-order valence-electron chi connectivity index (χ4n) is 2.79. The van der Waals surface area contributed by atoms with E-state index in [9.17, 15) is 4.79 Å². The molecule has 2 rings (SSSR count). The van der Waals surface area contributed by atoms with Crippen LogP contribution in [0, 0.1) is 5.92 Å². The summed E-state index contributed by atoms with van der Waals surface area (Å²) in [6.07, 6.45) is 4.55. The second-order valence-electron chi connectivity index (χ2n) is 5.65. The van der Waals surface area contributed by atoms with Gasteiger partial charge in [-0.2, -0.15) is 5.10 Å². The maximum atomic E-state index is 12.2. The summed E-state index contributed by atoms with van der Waals surface area (Å²) in [4.78, 5) is 14.5. The standard InChI is InChI=1S/C15H27N5O/c1-4-19(5-2)8-9-20-11-13(10-17-20)18-15(21)14-6-7-16-12(14)3/h10-12,14,16H,4-9H2,1-3H3,(H,18,21). The van der Waals surface area contributed by atoms with Crippen LogP contribution in [0.4, 0.5) is 5.69 Å². The van der Waals surface area contributed by atoms with Crippen molar-refractivity contribution in [2.24, 2.45) is 5.92 Å². The van der Waals surface area contributed by atoms with Crippen molar-refractivity contribution in [2.45, 2.75) is 39.8 Å². The second-order valence-corrected chi connectivity index (χ2v) is 5.65. The summed E-state index contributed by atoms with van der Waals surface area (Å²) < 4.78 is 1.89. The van der Waals surface area contributed by atoms with Crippen molar-refractivity contribution in [3.8, 4) is 0 Å². The molecule has 0 aliphatic carbocycles. The molecular formula is C15H27N5O. The Morgan fingerprint density at radius 1 is 1.52 bits per heavy atom. The summed E-state index contributed by atoms with van der Waals surface area (Å²) in [6, 6.07) is 0.253. The number of likely N-dealkylation sites (N-methyl/N-ethyl adjacent to an activating group) is 1. The summed E-state index contributed by atoms with van der Waals surface area (Å²) in [5, 5.41) is 10.6. The van der Waals surface area contributed by atoms with E-state index in [0.717, 1.165) is 44.8 Å². The average molecular weight is 293 g/mol. The van der Waals surface area contributed by atoms with Crippen molar-refractivity contribution < 1.29 is 4.79 Å². The molecule has 0 spiro atoms. The first-order valence-electron chi connectivity index (χ1n) is 7.93. The number of nitrogens with one attached hydrogen (secondary N) is 2. The van der Waals surface area contributed by atoms with Gasteiger partial charge in [0.05, 0.1) is 24.3 Å². The summed E-state index contributed by atoms with van der Waals surface area (Å²) in [5.74, 6) is 0.153. The van der Waals surface area contributed by atoms with Gasteiger partial charge in [-0.25, -0.2) is 0 Å². The first-order chi connectivity index (χ1) is 10.1. The van der Waals surface area contributed by atoms with Gasteiger partial charge in [0.1, 0.15) is 0 Å². The number of carbonyl (C=O) groups excluding carboxylic acids is 1. The Hall–Kier alpha value is -1.40. The molecule has 2 heterocycles. The van der Waals surface area contributed by atoms with Crippen LogP contribution in [0.25, 0.3) is 0 Å². The predicted molar refractivity (Wildman–Crippen MR) is 84.2 cm³/mol. The van der Waals surface area contributed by atoms with E-state index < -0.39 is 0 Å². The molecule has 0 aromatic carbocycles. The van der Waals surface area contributed by atoms with E-state index in [1.165, 1.54) is 0 Å². The van der Waals surface area contributed by atoms with Crippen molar-refractivity contribution in [1.29, 1.82) is 0 Å². The number of carbonyl (C=O) groups is 1. The third-order valence-electron chi connectivity index (χ3n) is 4.30. The number of nitrogens with zero attached hydrogens (tertiary/aromatic N) is 3. The van der Waals surface area contributed by atoms with Crippen LogP contribution in [0.5, 0.6) is 0 Å². The lowest BCUT2D eigenvalue weighted by atomic mass is 10.0. The van der Waals surface area contributed by atoms with Crippen LogP contribution in [0.15, 0.2) is 12.4 Å². The maximum absolute atomic E-state index is 12.2. The highest BCUT2D eigenvalue weighted by atomic mass is 16.2. The fourth-order valence-corrected chi connectivity index (χ4v) is 2.79. The molecule has 1 fully saturated rings. The largest absolute Gasteiger partial charge is 0.323 e. The summed E-state index contributed by atoms with van der Waals surface area (Å²) >= 11 is 0. The van der Waals surface area contributed by atoms with E-state index in [0.29, 0.717) is 0 Å². The topological polar surface area (TPSA) is 62.2 Å². The van der Waals surface area contributed by atoms with Crippen LogP contribution < -0.4 is 10.6 Å². The predicted octanol–water partition coefficient (Wildman–Crippen LogP) is 1.16. The number of rotatable bonds is 7. The molecule has 2 N–H and O–H groups in total. The summed E-state index contributed by atoms with van der Waals surface area (Å²) in [5.41, 5.74) is 0.790. The third kappa shape index (κ3) is 4.28. The highest BCUT2D eigenvalue weighted by Crippen LogP contribution is 2.17. The molecule has 118 valence electrons. The zero-order chi connectivity index (χ0) is 15.2. The van der Waals surface area contributed by atoms with Crippen LogP contribution in [-0.4, -0.2) is 52.8 Å². The second kappa shape index (κ2) is 7.56. The van der Waals surface area contributed by atoms with Gasteiger partial charge in [0.2, 0.25) is 5.91 Å². The van der Waals surface area contributed by atoms with Crippen molar-refractivity contribution in [3.05, 3.63) is 12.4 Å². The number of amides is 1. The summed E-state index contributed by atoms with van der Waals surface area (Å²) in [7, 11) is 0. The van der Waals surface area contributed by atoms with Crippen LogP contribution in [0.2, 0.25) is 0 Å². The Kier molecular flexibility index (Phi) is 5.76. The lowest BCUT2D eigenvalue weighted by Crippen LogP contribution is -2.31. The van der Waals surface area contributed by atoms with E-state index in [2.05, 4.69) is 41.4 Å². The van der Waals surface area contributed by atoms with E-state index >= 15 is 0 Å². The first kappa shape index (κ1) is 16.0. The Labute approximate surface area is 126 Å². The van der Waals surface area contributed by atoms with Crippen LogP contribution in [-0.2, 0) is 11.3 Å². The number of hydrogen-bond acceptors (Lipinski definition) is 4. The maximum Gasteiger partial charge on any atom is 0.229 e. The van der Waals surface area contributed by atoms with Crippen molar-refractivity contribution in [2.75, 3.05) is 31.5 Å². The molecule has 6 nitrogen and oxygen atoms in total. The Balaban J connectivity index is 1.84. The smallest absolute Gasteiger partial charge is 0.229 e. The highest BCUT2D eigenvalue weighted by Gasteiger charge is 2.29. The molecule has 1 aliphatic heterocycles. The van der Waals surface area contributed by atoms with Crippen molar-refractivity contribution >= 4 is 11.6 Å². The van der Waals surface area contributed by atoms with E-state index in [1.807, 2.05) is 10.9 Å². The molecule has 1 aliphatic rings. The minimum atomic E-state index is 0.0593. The normalized spacial score (nSPS) is 21.9. The SMILES string of the molecule is CCN(CC)CCn1cc(NC(=O)C2CCNC2C)cn1. The highest BCUT2D eigenvalue weighted by molar-refractivity contribution is 5.92. The molecule has 1 aromatic rings. The monoisotopic (exact) mass is 293 g/mol. The zero-order valence-corrected chi connectivity index (χ0v) is 13.3. The number of anilines is 1.